The van der Waals surface area contributed by atoms with Gasteiger partial charge in [-0.05, 0) is 25.1 Å². The van der Waals surface area contributed by atoms with Crippen LogP contribution in [0.25, 0.3) is 5.69 Å². The zero-order chi connectivity index (χ0) is 12.6. The van der Waals surface area contributed by atoms with Gasteiger partial charge in [-0.15, -0.1) is 0 Å². The van der Waals surface area contributed by atoms with Gasteiger partial charge in [0.1, 0.15) is 0 Å². The van der Waals surface area contributed by atoms with Crippen LogP contribution in [-0.2, 0) is 0 Å². The van der Waals surface area contributed by atoms with E-state index < -0.39 is 11.2 Å². The van der Waals surface area contributed by atoms with E-state index in [2.05, 4.69) is 4.98 Å². The van der Waals surface area contributed by atoms with Crippen LogP contribution in [0.5, 0.6) is 0 Å². The number of hydrogen-bond donors (Lipinski definition) is 1. The first-order valence-corrected chi connectivity index (χ1v) is 5.53. The fourth-order valence-electron chi connectivity index (χ4n) is 1.56. The molecule has 0 radical (unpaired) electrons. The van der Waals surface area contributed by atoms with Crippen LogP contribution in [0, 0.1) is 6.92 Å². The Bertz CT molecular complexity index is 689. The molecule has 0 saturated carbocycles. The van der Waals surface area contributed by atoms with Crippen molar-refractivity contribution in [2.75, 3.05) is 0 Å². The van der Waals surface area contributed by atoms with Gasteiger partial charge in [-0.2, -0.15) is 0 Å². The number of nitrogens with one attached hydrogen (secondary N) is 1. The second-order valence-corrected chi connectivity index (χ2v) is 4.33. The molecule has 2 aromatic rings. The maximum Gasteiger partial charge on any atom is 0.333 e. The summed E-state index contributed by atoms with van der Waals surface area (Å²) in [5.74, 6) is 0. The van der Waals surface area contributed by atoms with E-state index in [0.717, 1.165) is 0 Å². The number of benzene rings is 1. The SMILES string of the molecule is Cc1cc(=O)[nH]c(=O)n1-c1ccc(Cl)c(Cl)c1. The first-order chi connectivity index (χ1) is 7.99. The van der Waals surface area contributed by atoms with E-state index in [1.807, 2.05) is 0 Å². The molecule has 1 aromatic carbocycles. The molecule has 6 heteroatoms. The minimum Gasteiger partial charge on any atom is -0.274 e. The summed E-state index contributed by atoms with van der Waals surface area (Å²) >= 11 is 11.7. The number of nitrogens with zero attached hydrogens (tertiary/aromatic N) is 1. The molecule has 0 aliphatic carbocycles. The Kier molecular flexibility index (Phi) is 3.09. The van der Waals surface area contributed by atoms with E-state index >= 15 is 0 Å². The molecule has 0 fully saturated rings. The van der Waals surface area contributed by atoms with Gasteiger partial charge in [0.15, 0.2) is 0 Å². The summed E-state index contributed by atoms with van der Waals surface area (Å²) in [5, 5.41) is 0.757. The molecule has 0 unspecified atom stereocenters. The number of aromatic amines is 1. The topological polar surface area (TPSA) is 54.9 Å². The van der Waals surface area contributed by atoms with Gasteiger partial charge in [-0.3, -0.25) is 14.3 Å². The standard InChI is InChI=1S/C11H8Cl2N2O2/c1-6-4-10(16)14-11(17)15(6)7-2-3-8(12)9(13)5-7/h2-5H,1H3,(H,14,16,17). The van der Waals surface area contributed by atoms with Crippen molar-refractivity contribution >= 4 is 23.2 Å². The molecule has 0 saturated heterocycles. The van der Waals surface area contributed by atoms with Gasteiger partial charge >= 0.3 is 5.69 Å². The highest BCUT2D eigenvalue weighted by Gasteiger charge is 2.06. The molecule has 0 amide bonds. The summed E-state index contributed by atoms with van der Waals surface area (Å²) in [6.45, 7) is 1.67. The normalized spacial score (nSPS) is 10.5. The van der Waals surface area contributed by atoms with Gasteiger partial charge in [-0.25, -0.2) is 4.79 Å². The van der Waals surface area contributed by atoms with Crippen LogP contribution in [-0.4, -0.2) is 9.55 Å². The third kappa shape index (κ3) is 2.28. The van der Waals surface area contributed by atoms with Crippen molar-refractivity contribution in [2.45, 2.75) is 6.92 Å². The summed E-state index contributed by atoms with van der Waals surface area (Å²) in [5.41, 5.74) is 0.146. The molecule has 88 valence electrons. The van der Waals surface area contributed by atoms with Crippen LogP contribution in [0.15, 0.2) is 33.9 Å². The smallest absolute Gasteiger partial charge is 0.274 e. The van der Waals surface area contributed by atoms with E-state index in [9.17, 15) is 9.59 Å². The van der Waals surface area contributed by atoms with Crippen LogP contribution < -0.4 is 11.2 Å². The zero-order valence-corrected chi connectivity index (χ0v) is 10.3. The van der Waals surface area contributed by atoms with Gasteiger partial charge in [0.2, 0.25) is 0 Å². The first-order valence-electron chi connectivity index (χ1n) is 4.77. The maximum absolute atomic E-state index is 11.7. The highest BCUT2D eigenvalue weighted by Crippen LogP contribution is 2.24. The molecule has 4 nitrogen and oxygen atoms in total. The Hall–Kier alpha value is -1.52. The average molecular weight is 271 g/mol. The van der Waals surface area contributed by atoms with Gasteiger partial charge in [0.05, 0.1) is 15.7 Å². The average Bonchev–Trinajstić information content (AvgIpc) is 2.21. The third-order valence-electron chi connectivity index (χ3n) is 2.29. The van der Waals surface area contributed by atoms with Crippen molar-refractivity contribution < 1.29 is 0 Å². The molecule has 0 aliphatic heterocycles. The largest absolute Gasteiger partial charge is 0.333 e. The molecule has 1 N–H and O–H groups in total. The summed E-state index contributed by atoms with van der Waals surface area (Å²) in [7, 11) is 0. The van der Waals surface area contributed by atoms with Crippen LogP contribution >= 0.6 is 23.2 Å². The molecule has 1 aromatic heterocycles. The predicted octanol–water partition coefficient (Wildman–Crippen LogP) is 2.14. The fraction of sp³-hybridized carbons (Fsp3) is 0.0909. The van der Waals surface area contributed by atoms with Crippen molar-refractivity contribution in [3.8, 4) is 5.69 Å². The lowest BCUT2D eigenvalue weighted by Crippen LogP contribution is -2.29. The number of hydrogen-bond acceptors (Lipinski definition) is 2. The van der Waals surface area contributed by atoms with Crippen LogP contribution in [0.3, 0.4) is 0 Å². The highest BCUT2D eigenvalue weighted by atomic mass is 35.5. The Morgan fingerprint density at radius 2 is 1.82 bits per heavy atom. The third-order valence-corrected chi connectivity index (χ3v) is 3.03. The van der Waals surface area contributed by atoms with E-state index in [1.165, 1.54) is 10.6 Å². The molecule has 2 rings (SSSR count). The van der Waals surface area contributed by atoms with Crippen molar-refractivity contribution in [3.05, 3.63) is 60.8 Å². The molecule has 0 bridgehead atoms. The van der Waals surface area contributed by atoms with Crippen molar-refractivity contribution in [2.24, 2.45) is 0 Å². The number of H-pyrrole nitrogens is 1. The number of halogens is 2. The van der Waals surface area contributed by atoms with E-state index in [0.29, 0.717) is 21.4 Å². The summed E-state index contributed by atoms with van der Waals surface area (Å²) < 4.78 is 1.35. The van der Waals surface area contributed by atoms with Gasteiger partial charge < -0.3 is 0 Å². The van der Waals surface area contributed by atoms with Crippen molar-refractivity contribution in [1.82, 2.24) is 9.55 Å². The Morgan fingerprint density at radius 3 is 2.41 bits per heavy atom. The maximum atomic E-state index is 11.7. The van der Waals surface area contributed by atoms with Crippen LogP contribution in [0.2, 0.25) is 10.0 Å². The first kappa shape index (κ1) is 12.0. The Labute approximate surface area is 106 Å². The van der Waals surface area contributed by atoms with Gasteiger partial charge in [0, 0.05) is 11.8 Å². The van der Waals surface area contributed by atoms with E-state index in [-0.39, 0.29) is 0 Å². The molecule has 0 aliphatic rings. The van der Waals surface area contributed by atoms with Crippen molar-refractivity contribution in [3.63, 3.8) is 0 Å². The Morgan fingerprint density at radius 1 is 1.12 bits per heavy atom. The second-order valence-electron chi connectivity index (χ2n) is 3.51. The molecule has 1 heterocycles. The quantitative estimate of drug-likeness (QED) is 0.863. The molecule has 0 spiro atoms. The summed E-state index contributed by atoms with van der Waals surface area (Å²) in [6, 6.07) is 6.15. The van der Waals surface area contributed by atoms with E-state index in [1.54, 1.807) is 25.1 Å². The Balaban J connectivity index is 2.73. The van der Waals surface area contributed by atoms with Gasteiger partial charge in [0.25, 0.3) is 5.56 Å². The van der Waals surface area contributed by atoms with Crippen LogP contribution in [0.4, 0.5) is 0 Å². The minimum atomic E-state index is -0.506. The lowest BCUT2D eigenvalue weighted by Gasteiger charge is -2.09. The van der Waals surface area contributed by atoms with E-state index in [4.69, 9.17) is 23.2 Å². The predicted molar refractivity (Wildman–Crippen MR) is 67.4 cm³/mol. The molecular weight excluding hydrogens is 263 g/mol. The lowest BCUT2D eigenvalue weighted by molar-refractivity contribution is 0.856. The van der Waals surface area contributed by atoms with Crippen molar-refractivity contribution in [1.29, 1.82) is 0 Å². The zero-order valence-electron chi connectivity index (χ0n) is 8.83. The summed E-state index contributed by atoms with van der Waals surface area (Å²) in [4.78, 5) is 25.0. The van der Waals surface area contributed by atoms with Gasteiger partial charge in [-0.1, -0.05) is 23.2 Å². The number of rotatable bonds is 1. The van der Waals surface area contributed by atoms with Crippen LogP contribution in [0.1, 0.15) is 5.69 Å². The molecule has 17 heavy (non-hydrogen) atoms. The fourth-order valence-corrected chi connectivity index (χ4v) is 1.85. The second kappa shape index (κ2) is 4.39. The minimum absolute atomic E-state index is 0.349. The molecule has 0 atom stereocenters. The monoisotopic (exact) mass is 270 g/mol. The number of aryl methyl sites for hydroxylation is 1. The molecular formula is C11H8Cl2N2O2. The highest BCUT2D eigenvalue weighted by molar-refractivity contribution is 6.42. The number of aromatic nitrogens is 2. The lowest BCUT2D eigenvalue weighted by atomic mass is 10.3. The summed E-state index contributed by atoms with van der Waals surface area (Å²) in [6.07, 6.45) is 0.